The Bertz CT molecular complexity index is 2270. The number of hydrazine groups is 1. The number of phenols is 1. The van der Waals surface area contributed by atoms with Gasteiger partial charge in [0.1, 0.15) is 11.5 Å². The fraction of sp³-hybridized carbons (Fsp3) is 0.349. The number of phenolic OH excluding ortho intramolecular Hbond substituents is 1. The molecule has 4 aromatic carbocycles. The van der Waals surface area contributed by atoms with Gasteiger partial charge in [-0.2, -0.15) is 5.01 Å². The molecule has 4 fully saturated rings. The van der Waals surface area contributed by atoms with E-state index in [1.807, 2.05) is 48.5 Å². The minimum absolute atomic E-state index is 0.0286. The van der Waals surface area contributed by atoms with E-state index in [0.717, 1.165) is 53.5 Å². The van der Waals surface area contributed by atoms with Crippen LogP contribution in [-0.2, 0) is 24.6 Å². The zero-order valence-corrected chi connectivity index (χ0v) is 31.1. The molecule has 0 aromatic heterocycles. The second-order valence-electron chi connectivity index (χ2n) is 15.3. The monoisotopic (exact) mass is 763 g/mol. The van der Waals surface area contributed by atoms with Crippen LogP contribution in [0.3, 0.4) is 0 Å². The van der Waals surface area contributed by atoms with Gasteiger partial charge in [0.15, 0.2) is 0 Å². The van der Waals surface area contributed by atoms with Crippen LogP contribution in [0.5, 0.6) is 11.5 Å². The van der Waals surface area contributed by atoms with Crippen LogP contribution in [0.2, 0.25) is 10.0 Å². The fourth-order valence-electron chi connectivity index (χ4n) is 10.5. The average Bonchev–Trinajstić information content (AvgIpc) is 3.57. The van der Waals surface area contributed by atoms with Crippen molar-refractivity contribution in [2.75, 3.05) is 12.5 Å². The number of benzene rings is 4. The summed E-state index contributed by atoms with van der Waals surface area (Å²) in [6.45, 7) is 0. The van der Waals surface area contributed by atoms with E-state index in [9.17, 15) is 14.7 Å². The van der Waals surface area contributed by atoms with Crippen molar-refractivity contribution in [3.63, 3.8) is 0 Å². The number of nitrogens with zero attached hydrogens (tertiary/aromatic N) is 2. The van der Waals surface area contributed by atoms with Gasteiger partial charge in [0.05, 0.1) is 41.0 Å². The first-order chi connectivity index (χ1) is 26.1. The van der Waals surface area contributed by atoms with Crippen molar-refractivity contribution in [2.45, 2.75) is 62.3 Å². The molecule has 2 saturated heterocycles. The molecule has 4 amide bonds. The first kappa shape index (κ1) is 34.9. The minimum Gasteiger partial charge on any atom is -0.508 e. The molecule has 0 spiro atoms. The van der Waals surface area contributed by atoms with E-state index in [4.69, 9.17) is 27.9 Å². The number of aromatic hydroxyl groups is 1. The van der Waals surface area contributed by atoms with Gasteiger partial charge in [0, 0.05) is 22.5 Å². The Morgan fingerprint density at radius 3 is 2.35 bits per heavy atom. The van der Waals surface area contributed by atoms with Gasteiger partial charge in [-0.05, 0) is 84.3 Å². The maximum atomic E-state index is 15.6. The highest BCUT2D eigenvalue weighted by atomic mass is 35.5. The first-order valence-corrected chi connectivity index (χ1v) is 19.4. The van der Waals surface area contributed by atoms with E-state index >= 15 is 9.59 Å². The predicted molar refractivity (Wildman–Crippen MR) is 205 cm³/mol. The molecule has 2 heterocycles. The second kappa shape index (κ2) is 13.2. The standard InChI is InChI=1S/C43H39Cl2N3O6/c1-54-27-15-12-24(13-16-27)43-32(40(51)48(42(43)53)46-34-19-14-25(44)21-33(34)45)22-31-29(38(43)37-28-10-6-5-7-23(28)11-20-35(37)49)17-18-30-36(31)41(52)47(39(30)50)26-8-3-2-4-9-26/h5-7,10-17,19-21,26,30-32,36,38,46,49H,2-4,8-9,18,22H2,1H3/t30-,31+,32-,36-,38+,43+/m0/s1. The van der Waals surface area contributed by atoms with E-state index in [0.29, 0.717) is 34.0 Å². The summed E-state index contributed by atoms with van der Waals surface area (Å²) in [6, 6.07) is 22.9. The van der Waals surface area contributed by atoms with Gasteiger partial charge in [0.25, 0.3) is 11.8 Å². The molecule has 9 nitrogen and oxygen atoms in total. The Labute approximate surface area is 322 Å². The van der Waals surface area contributed by atoms with Crippen molar-refractivity contribution in [1.82, 2.24) is 9.91 Å². The topological polar surface area (TPSA) is 116 Å². The lowest BCUT2D eigenvalue weighted by Crippen LogP contribution is -2.53. The van der Waals surface area contributed by atoms with Crippen LogP contribution >= 0.6 is 23.2 Å². The normalized spacial score (nSPS) is 28.2. The maximum Gasteiger partial charge on any atom is 0.260 e. The number of carbonyl (C=O) groups is 4. The summed E-state index contributed by atoms with van der Waals surface area (Å²) in [5.41, 5.74) is 3.61. The third-order valence-electron chi connectivity index (χ3n) is 12.8. The number of rotatable bonds is 6. The highest BCUT2D eigenvalue weighted by molar-refractivity contribution is 6.36. The molecular weight excluding hydrogens is 725 g/mol. The molecule has 11 heteroatoms. The lowest BCUT2D eigenvalue weighted by atomic mass is 9.48. The van der Waals surface area contributed by atoms with Crippen LogP contribution in [0.1, 0.15) is 62.0 Å². The van der Waals surface area contributed by atoms with Crippen molar-refractivity contribution in [2.24, 2.45) is 23.7 Å². The van der Waals surface area contributed by atoms with Gasteiger partial charge in [-0.1, -0.05) is 96.6 Å². The third-order valence-corrected chi connectivity index (χ3v) is 13.3. The highest BCUT2D eigenvalue weighted by Gasteiger charge is 2.71. The van der Waals surface area contributed by atoms with Crippen LogP contribution in [0, 0.1) is 23.7 Å². The van der Waals surface area contributed by atoms with Crippen LogP contribution in [-0.4, -0.2) is 51.8 Å². The number of allylic oxidation sites excluding steroid dienone is 2. The number of amides is 4. The van der Waals surface area contributed by atoms with E-state index in [1.165, 1.54) is 6.07 Å². The number of nitrogens with one attached hydrogen (secondary N) is 1. The van der Waals surface area contributed by atoms with Crippen molar-refractivity contribution in [3.8, 4) is 11.5 Å². The quantitative estimate of drug-likeness (QED) is 0.150. The van der Waals surface area contributed by atoms with Crippen molar-refractivity contribution >= 4 is 63.3 Å². The van der Waals surface area contributed by atoms with Crippen molar-refractivity contribution < 1.29 is 29.0 Å². The summed E-state index contributed by atoms with van der Waals surface area (Å²) in [6.07, 6.45) is 7.10. The minimum atomic E-state index is -1.58. The smallest absolute Gasteiger partial charge is 0.260 e. The highest BCUT2D eigenvalue weighted by Crippen LogP contribution is 2.65. The molecule has 4 aromatic rings. The summed E-state index contributed by atoms with van der Waals surface area (Å²) in [5.74, 6) is -4.47. The summed E-state index contributed by atoms with van der Waals surface area (Å²) in [7, 11) is 1.56. The number of methoxy groups -OCH3 is 1. The second-order valence-corrected chi connectivity index (χ2v) is 16.1. The zero-order chi connectivity index (χ0) is 37.5. The Hall–Kier alpha value is -4.86. The van der Waals surface area contributed by atoms with Gasteiger partial charge in [-0.25, -0.2) is 0 Å². The van der Waals surface area contributed by atoms with Gasteiger partial charge < -0.3 is 9.84 Å². The number of carbonyl (C=O) groups excluding carboxylic acids is 4. The van der Waals surface area contributed by atoms with Crippen LogP contribution in [0.25, 0.3) is 10.8 Å². The number of imide groups is 2. The maximum absolute atomic E-state index is 15.6. The van der Waals surface area contributed by atoms with Crippen molar-refractivity contribution in [3.05, 3.63) is 112 Å². The summed E-state index contributed by atoms with van der Waals surface area (Å²) in [4.78, 5) is 61.1. The molecule has 9 rings (SSSR count). The Morgan fingerprint density at radius 1 is 0.852 bits per heavy atom. The predicted octanol–water partition coefficient (Wildman–Crippen LogP) is 8.18. The van der Waals surface area contributed by atoms with Crippen LogP contribution < -0.4 is 10.2 Å². The lowest BCUT2D eigenvalue weighted by molar-refractivity contribution is -0.144. The number of fused-ring (bicyclic) bond motifs is 5. The molecule has 6 atom stereocenters. The Kier molecular flexibility index (Phi) is 8.50. The van der Waals surface area contributed by atoms with E-state index in [1.54, 1.807) is 42.3 Å². The number of hydrogen-bond donors (Lipinski definition) is 2. The molecule has 54 heavy (non-hydrogen) atoms. The Morgan fingerprint density at radius 2 is 1.61 bits per heavy atom. The third kappa shape index (κ3) is 5.04. The summed E-state index contributed by atoms with van der Waals surface area (Å²) < 4.78 is 5.51. The van der Waals surface area contributed by atoms with Gasteiger partial charge in [-0.3, -0.25) is 29.5 Å². The molecule has 0 unspecified atom stereocenters. The SMILES string of the molecule is COc1ccc([C@@]23C(=O)N(Nc4ccc(Cl)cc4Cl)C(=O)[C@@H]2C[C@@H]2C(=CC[C@@H]4C(=O)N(C5CCCCC5)C(=O)[C@@H]42)[C@@H]3c2c(O)ccc3ccccc23)cc1. The largest absolute Gasteiger partial charge is 0.508 e. The van der Waals surface area contributed by atoms with Gasteiger partial charge in [0.2, 0.25) is 11.8 Å². The molecule has 2 N–H and O–H groups in total. The van der Waals surface area contributed by atoms with Gasteiger partial charge in [-0.15, -0.1) is 0 Å². The number of hydrogen-bond acceptors (Lipinski definition) is 7. The summed E-state index contributed by atoms with van der Waals surface area (Å²) in [5, 5.41) is 15.2. The molecular formula is C43H39Cl2N3O6. The van der Waals surface area contributed by atoms with E-state index in [2.05, 4.69) is 5.43 Å². The van der Waals surface area contributed by atoms with Crippen molar-refractivity contribution in [1.29, 1.82) is 0 Å². The Balaban J connectivity index is 1.28. The molecule has 0 radical (unpaired) electrons. The number of ether oxygens (including phenoxy) is 1. The first-order valence-electron chi connectivity index (χ1n) is 18.7. The molecule has 3 aliphatic carbocycles. The molecule has 5 aliphatic rings. The number of likely N-dealkylation sites (tertiary alicyclic amines) is 1. The molecule has 2 aliphatic heterocycles. The zero-order valence-electron chi connectivity index (χ0n) is 29.6. The van der Waals surface area contributed by atoms with Crippen LogP contribution in [0.15, 0.2) is 90.5 Å². The van der Waals surface area contributed by atoms with Gasteiger partial charge >= 0.3 is 0 Å². The number of halogens is 2. The van der Waals surface area contributed by atoms with E-state index in [-0.39, 0.29) is 35.0 Å². The molecule has 2 saturated carbocycles. The molecule has 276 valence electrons. The lowest BCUT2D eigenvalue weighted by Gasteiger charge is -2.51. The van der Waals surface area contributed by atoms with Crippen LogP contribution in [0.4, 0.5) is 5.69 Å². The molecule has 0 bridgehead atoms. The van der Waals surface area contributed by atoms with E-state index < -0.39 is 46.8 Å². The fourth-order valence-corrected chi connectivity index (χ4v) is 10.9. The average molecular weight is 765 g/mol. The summed E-state index contributed by atoms with van der Waals surface area (Å²) >= 11 is 12.8. The number of anilines is 1.